The van der Waals surface area contributed by atoms with Crippen LogP contribution in [0.5, 0.6) is 0 Å². The highest BCUT2D eigenvalue weighted by Gasteiger charge is 2.25. The third-order valence-corrected chi connectivity index (χ3v) is 5.90. The van der Waals surface area contributed by atoms with E-state index in [1.807, 2.05) is 0 Å². The SMILES string of the molecule is O=C1CCN(S(=O)(=O)c2cccnc2)CCCC(CO)CCN1. The van der Waals surface area contributed by atoms with Gasteiger partial charge in [0.25, 0.3) is 0 Å². The van der Waals surface area contributed by atoms with E-state index in [4.69, 9.17) is 0 Å². The number of nitrogens with zero attached hydrogens (tertiary/aromatic N) is 2. The molecule has 0 aromatic carbocycles. The van der Waals surface area contributed by atoms with Crippen LogP contribution >= 0.6 is 0 Å². The molecule has 1 saturated heterocycles. The molecule has 128 valence electrons. The van der Waals surface area contributed by atoms with Crippen molar-refractivity contribution in [1.29, 1.82) is 0 Å². The van der Waals surface area contributed by atoms with Crippen LogP contribution in [0.15, 0.2) is 29.4 Å². The first kappa shape index (κ1) is 17.8. The average molecular weight is 341 g/mol. The van der Waals surface area contributed by atoms with Gasteiger partial charge in [-0.05, 0) is 37.3 Å². The zero-order chi connectivity index (χ0) is 16.7. The predicted octanol–water partition coefficient (Wildman–Crippen LogP) is 0.371. The maximum absolute atomic E-state index is 12.7. The van der Waals surface area contributed by atoms with Gasteiger partial charge in [-0.2, -0.15) is 4.31 Å². The fourth-order valence-electron chi connectivity index (χ4n) is 2.61. The van der Waals surface area contributed by atoms with Crippen molar-refractivity contribution in [2.24, 2.45) is 5.92 Å². The third kappa shape index (κ3) is 4.98. The monoisotopic (exact) mass is 341 g/mol. The fourth-order valence-corrected chi connectivity index (χ4v) is 4.06. The second-order valence-electron chi connectivity index (χ2n) is 5.67. The molecule has 1 unspecified atom stereocenters. The summed E-state index contributed by atoms with van der Waals surface area (Å²) < 4.78 is 26.7. The van der Waals surface area contributed by atoms with Gasteiger partial charge in [-0.15, -0.1) is 0 Å². The first-order valence-corrected chi connectivity index (χ1v) is 9.26. The van der Waals surface area contributed by atoms with Crippen molar-refractivity contribution in [3.05, 3.63) is 24.5 Å². The molecule has 1 aromatic rings. The molecular formula is C15H23N3O4S. The Labute approximate surface area is 136 Å². The van der Waals surface area contributed by atoms with E-state index in [2.05, 4.69) is 10.3 Å². The number of aromatic nitrogens is 1. The van der Waals surface area contributed by atoms with E-state index in [1.165, 1.54) is 22.8 Å². The first-order valence-electron chi connectivity index (χ1n) is 7.82. The second kappa shape index (κ2) is 8.37. The topological polar surface area (TPSA) is 99.6 Å². The first-order chi connectivity index (χ1) is 11.0. The number of carbonyl (C=O) groups excluding carboxylic acids is 1. The maximum Gasteiger partial charge on any atom is 0.244 e. The lowest BCUT2D eigenvalue weighted by atomic mass is 10.0. The number of hydrogen-bond donors (Lipinski definition) is 2. The number of carbonyl (C=O) groups is 1. The van der Waals surface area contributed by atoms with Gasteiger partial charge in [0.1, 0.15) is 4.90 Å². The molecule has 2 rings (SSSR count). The number of nitrogens with one attached hydrogen (secondary N) is 1. The van der Waals surface area contributed by atoms with Crippen LogP contribution in [0, 0.1) is 5.92 Å². The van der Waals surface area contributed by atoms with E-state index in [0.29, 0.717) is 25.9 Å². The van der Waals surface area contributed by atoms with Gasteiger partial charge in [0, 0.05) is 45.1 Å². The Bertz CT molecular complexity index is 606. The zero-order valence-electron chi connectivity index (χ0n) is 13.0. The minimum absolute atomic E-state index is 0.0469. The summed E-state index contributed by atoms with van der Waals surface area (Å²) in [6.45, 7) is 1.04. The molecule has 1 amide bonds. The van der Waals surface area contributed by atoms with Gasteiger partial charge in [0.05, 0.1) is 0 Å². The van der Waals surface area contributed by atoms with Gasteiger partial charge < -0.3 is 10.4 Å². The summed E-state index contributed by atoms with van der Waals surface area (Å²) in [6.07, 6.45) is 5.05. The van der Waals surface area contributed by atoms with Crippen LogP contribution in [0.2, 0.25) is 0 Å². The summed E-state index contributed by atoms with van der Waals surface area (Å²) in [5, 5.41) is 12.1. The van der Waals surface area contributed by atoms with Crippen LogP contribution in [0.3, 0.4) is 0 Å². The van der Waals surface area contributed by atoms with E-state index < -0.39 is 10.0 Å². The van der Waals surface area contributed by atoms with E-state index in [0.717, 1.165) is 6.42 Å². The molecule has 8 heteroatoms. The third-order valence-electron chi connectivity index (χ3n) is 4.01. The Morgan fingerprint density at radius 2 is 2.17 bits per heavy atom. The summed E-state index contributed by atoms with van der Waals surface area (Å²) in [7, 11) is -3.66. The van der Waals surface area contributed by atoms with Gasteiger partial charge in [-0.25, -0.2) is 8.42 Å². The number of aliphatic hydroxyl groups is 1. The molecule has 0 spiro atoms. The highest BCUT2D eigenvalue weighted by atomic mass is 32.2. The Kier molecular flexibility index (Phi) is 6.49. The van der Waals surface area contributed by atoms with Crippen molar-refractivity contribution in [3.63, 3.8) is 0 Å². The van der Waals surface area contributed by atoms with Gasteiger partial charge in [0.2, 0.25) is 15.9 Å². The molecule has 0 aliphatic carbocycles. The molecule has 1 fully saturated rings. The number of aliphatic hydroxyl groups excluding tert-OH is 1. The van der Waals surface area contributed by atoms with Crippen molar-refractivity contribution in [1.82, 2.24) is 14.6 Å². The van der Waals surface area contributed by atoms with E-state index in [-0.39, 0.29) is 36.3 Å². The average Bonchev–Trinajstić information content (AvgIpc) is 2.60. The molecule has 0 radical (unpaired) electrons. The molecule has 1 atom stereocenters. The lowest BCUT2D eigenvalue weighted by Gasteiger charge is -2.22. The quantitative estimate of drug-likeness (QED) is 0.827. The van der Waals surface area contributed by atoms with Crippen LogP contribution in [-0.2, 0) is 14.8 Å². The molecule has 0 saturated carbocycles. The van der Waals surface area contributed by atoms with Crippen molar-refractivity contribution < 1.29 is 18.3 Å². The summed E-state index contributed by atoms with van der Waals surface area (Å²) in [5.74, 6) is -0.0914. The van der Waals surface area contributed by atoms with E-state index in [1.54, 1.807) is 6.07 Å². The lowest BCUT2D eigenvalue weighted by molar-refractivity contribution is -0.121. The van der Waals surface area contributed by atoms with Crippen molar-refractivity contribution in [2.75, 3.05) is 26.2 Å². The molecule has 23 heavy (non-hydrogen) atoms. The molecule has 1 aliphatic heterocycles. The van der Waals surface area contributed by atoms with Gasteiger partial charge in [0.15, 0.2) is 0 Å². The Hall–Kier alpha value is -1.51. The van der Waals surface area contributed by atoms with E-state index >= 15 is 0 Å². The number of amides is 1. The largest absolute Gasteiger partial charge is 0.396 e. The Morgan fingerprint density at radius 3 is 2.87 bits per heavy atom. The van der Waals surface area contributed by atoms with Crippen LogP contribution in [0.25, 0.3) is 0 Å². The van der Waals surface area contributed by atoms with Crippen LogP contribution in [0.4, 0.5) is 0 Å². The standard InChI is InChI=1S/C15H23N3O4S/c19-12-13-3-2-9-18(10-6-15(20)17-8-5-13)23(21,22)14-4-1-7-16-11-14/h1,4,7,11,13,19H,2-3,5-6,8-10,12H2,(H,17,20). The summed E-state index contributed by atoms with van der Waals surface area (Å²) in [4.78, 5) is 15.8. The number of pyridine rings is 1. The maximum atomic E-state index is 12.7. The molecular weight excluding hydrogens is 318 g/mol. The van der Waals surface area contributed by atoms with Gasteiger partial charge in [-0.3, -0.25) is 9.78 Å². The summed E-state index contributed by atoms with van der Waals surface area (Å²) in [5.41, 5.74) is 0. The van der Waals surface area contributed by atoms with Gasteiger partial charge in [-0.1, -0.05) is 0 Å². The molecule has 1 aromatic heterocycles. The predicted molar refractivity (Wildman–Crippen MR) is 85.0 cm³/mol. The summed E-state index contributed by atoms with van der Waals surface area (Å²) in [6, 6.07) is 3.08. The van der Waals surface area contributed by atoms with Crippen molar-refractivity contribution >= 4 is 15.9 Å². The van der Waals surface area contributed by atoms with E-state index in [9.17, 15) is 18.3 Å². The fraction of sp³-hybridized carbons (Fsp3) is 0.600. The van der Waals surface area contributed by atoms with Crippen molar-refractivity contribution in [2.45, 2.75) is 30.6 Å². The molecule has 2 heterocycles. The van der Waals surface area contributed by atoms with Crippen LogP contribution < -0.4 is 5.32 Å². The minimum Gasteiger partial charge on any atom is -0.396 e. The number of hydrogen-bond acceptors (Lipinski definition) is 5. The normalized spacial score (nSPS) is 22.1. The second-order valence-corrected chi connectivity index (χ2v) is 7.61. The van der Waals surface area contributed by atoms with Crippen LogP contribution in [0.1, 0.15) is 25.7 Å². The van der Waals surface area contributed by atoms with Gasteiger partial charge >= 0.3 is 0 Å². The van der Waals surface area contributed by atoms with Crippen LogP contribution in [-0.4, -0.2) is 55.0 Å². The zero-order valence-corrected chi connectivity index (χ0v) is 13.8. The highest BCUT2D eigenvalue weighted by molar-refractivity contribution is 7.89. The molecule has 1 aliphatic rings. The number of sulfonamides is 1. The number of rotatable bonds is 3. The molecule has 7 nitrogen and oxygen atoms in total. The lowest BCUT2D eigenvalue weighted by Crippen LogP contribution is -2.35. The summed E-state index contributed by atoms with van der Waals surface area (Å²) >= 11 is 0. The van der Waals surface area contributed by atoms with Crippen molar-refractivity contribution in [3.8, 4) is 0 Å². The highest BCUT2D eigenvalue weighted by Crippen LogP contribution is 2.18. The Balaban J connectivity index is 2.16. The minimum atomic E-state index is -3.66. The molecule has 2 N–H and O–H groups in total. The molecule has 0 bridgehead atoms. The Morgan fingerprint density at radius 1 is 1.35 bits per heavy atom. The smallest absolute Gasteiger partial charge is 0.244 e.